The van der Waals surface area contributed by atoms with Crippen molar-refractivity contribution in [1.82, 2.24) is 4.31 Å². The normalized spacial score (nSPS) is 18.0. The summed E-state index contributed by atoms with van der Waals surface area (Å²) in [5.41, 5.74) is 3.95. The molecule has 0 spiro atoms. The molecule has 2 atom stereocenters. The van der Waals surface area contributed by atoms with Gasteiger partial charge >= 0.3 is 5.97 Å². The first-order valence-electron chi connectivity index (χ1n) is 12.7. The zero-order valence-corrected chi connectivity index (χ0v) is 23.4. The molecule has 3 aromatic carbocycles. The Bertz CT molecular complexity index is 1390. The molecular formula is C30H34N2O6S. The van der Waals surface area contributed by atoms with E-state index in [4.69, 9.17) is 14.2 Å². The number of ether oxygens (including phenoxy) is 3. The van der Waals surface area contributed by atoms with Gasteiger partial charge in [-0.15, -0.1) is 10.8 Å². The first kappa shape index (κ1) is 28.5. The lowest BCUT2D eigenvalue weighted by molar-refractivity contribution is -0.140. The van der Waals surface area contributed by atoms with Crippen LogP contribution in [-0.2, 0) is 16.1 Å². The molecule has 0 aliphatic carbocycles. The number of methoxy groups -OCH3 is 2. The molecule has 2 N–H and O–H groups in total. The summed E-state index contributed by atoms with van der Waals surface area (Å²) in [6, 6.07) is 20.4. The highest BCUT2D eigenvalue weighted by Crippen LogP contribution is 2.57. The van der Waals surface area contributed by atoms with Gasteiger partial charge in [0.25, 0.3) is 0 Å². The van der Waals surface area contributed by atoms with Crippen molar-refractivity contribution in [3.63, 3.8) is 0 Å². The zero-order valence-electron chi connectivity index (χ0n) is 22.6. The van der Waals surface area contributed by atoms with Gasteiger partial charge in [0.15, 0.2) is 0 Å². The minimum Gasteiger partial charge on any atom is -0.495 e. The van der Waals surface area contributed by atoms with Crippen LogP contribution in [0.3, 0.4) is 0 Å². The lowest BCUT2D eigenvalue weighted by atomic mass is 9.86. The van der Waals surface area contributed by atoms with E-state index < -0.39 is 10.8 Å². The van der Waals surface area contributed by atoms with Crippen molar-refractivity contribution in [2.24, 2.45) is 0 Å². The van der Waals surface area contributed by atoms with Crippen LogP contribution < -0.4 is 9.47 Å². The number of fused-ring (bicyclic) bond motifs is 1. The van der Waals surface area contributed by atoms with E-state index in [9.17, 15) is 19.2 Å². The van der Waals surface area contributed by atoms with Crippen LogP contribution >= 0.6 is 10.8 Å². The standard InChI is InChI=1S/C30H34N2O6S/c1-5-25-19-32(39(34,35)29-9-7-6-8-27(29)38-25)18-24-14-21(11-10-20(24)2)26(16-30(33)37-4)22-12-13-23(17-31)28(15-22)36-3/h6-15,25-26,34-35H,5,16,18-19H2,1-4H3/t25-,26?/m1/s1. The van der Waals surface area contributed by atoms with Crippen LogP contribution in [0.25, 0.3) is 0 Å². The molecule has 0 aromatic heterocycles. The van der Waals surface area contributed by atoms with Crippen molar-refractivity contribution in [2.75, 3.05) is 20.8 Å². The van der Waals surface area contributed by atoms with E-state index in [1.807, 2.05) is 44.2 Å². The largest absolute Gasteiger partial charge is 0.495 e. The van der Waals surface area contributed by atoms with E-state index >= 15 is 0 Å². The topological polar surface area (TPSA) is 112 Å². The summed E-state index contributed by atoms with van der Waals surface area (Å²) in [7, 11) is -0.456. The van der Waals surface area contributed by atoms with E-state index in [1.165, 1.54) is 14.2 Å². The van der Waals surface area contributed by atoms with E-state index in [1.54, 1.807) is 34.6 Å². The highest BCUT2D eigenvalue weighted by molar-refractivity contribution is 8.22. The molecule has 4 rings (SSSR count). The fraction of sp³-hybridized carbons (Fsp3) is 0.333. The summed E-state index contributed by atoms with van der Waals surface area (Å²) in [6.07, 6.45) is 0.592. The molecule has 0 saturated heterocycles. The molecule has 0 fully saturated rings. The van der Waals surface area contributed by atoms with Gasteiger partial charge in [-0.05, 0) is 59.9 Å². The average molecular weight is 551 g/mol. The first-order valence-corrected chi connectivity index (χ1v) is 14.3. The number of benzene rings is 3. The number of nitrogens with zero attached hydrogens (tertiary/aromatic N) is 2. The maximum Gasteiger partial charge on any atom is 0.306 e. The highest BCUT2D eigenvalue weighted by atomic mass is 32.3. The predicted molar refractivity (Wildman–Crippen MR) is 150 cm³/mol. The summed E-state index contributed by atoms with van der Waals surface area (Å²) in [6.45, 7) is 4.61. The first-order chi connectivity index (χ1) is 18.7. The maximum atomic E-state index is 12.4. The summed E-state index contributed by atoms with van der Waals surface area (Å²) < 4.78 is 41.1. The average Bonchev–Trinajstić information content (AvgIpc) is 3.05. The van der Waals surface area contributed by atoms with Gasteiger partial charge in [-0.25, -0.2) is 0 Å². The number of nitriles is 1. The number of hydrogen-bond acceptors (Lipinski definition) is 8. The molecule has 0 bridgehead atoms. The van der Waals surface area contributed by atoms with Gasteiger partial charge in [0, 0.05) is 12.5 Å². The summed E-state index contributed by atoms with van der Waals surface area (Å²) in [5.74, 6) is 0.187. The third-order valence-electron chi connectivity index (χ3n) is 7.13. The molecule has 8 nitrogen and oxygen atoms in total. The van der Waals surface area contributed by atoms with Crippen LogP contribution in [0.2, 0.25) is 0 Å². The molecular weight excluding hydrogens is 516 g/mol. The van der Waals surface area contributed by atoms with Crippen LogP contribution in [-0.4, -0.2) is 46.2 Å². The van der Waals surface area contributed by atoms with Gasteiger partial charge in [-0.3, -0.25) is 13.9 Å². The van der Waals surface area contributed by atoms with Crippen LogP contribution in [0, 0.1) is 18.3 Å². The number of carbonyl (C=O) groups excluding carboxylic acids is 1. The lowest BCUT2D eigenvalue weighted by Gasteiger charge is -2.42. The van der Waals surface area contributed by atoms with Crippen molar-refractivity contribution in [3.05, 3.63) is 88.5 Å². The molecule has 1 heterocycles. The summed E-state index contributed by atoms with van der Waals surface area (Å²) >= 11 is 0. The number of aryl methyl sites for hydroxylation is 1. The number of hydrogen-bond donors (Lipinski definition) is 2. The van der Waals surface area contributed by atoms with Gasteiger partial charge in [0.2, 0.25) is 0 Å². The van der Waals surface area contributed by atoms with E-state index in [0.717, 1.165) is 22.3 Å². The van der Waals surface area contributed by atoms with Gasteiger partial charge in [0.05, 0.1) is 32.7 Å². The van der Waals surface area contributed by atoms with Gasteiger partial charge in [-0.2, -0.15) is 9.57 Å². The second-order valence-corrected chi connectivity index (χ2v) is 11.5. The Balaban J connectivity index is 1.74. The Labute approximate surface area is 231 Å². The quantitative estimate of drug-likeness (QED) is 0.316. The Kier molecular flexibility index (Phi) is 8.83. The van der Waals surface area contributed by atoms with Crippen molar-refractivity contribution < 1.29 is 28.1 Å². The monoisotopic (exact) mass is 550 g/mol. The minimum absolute atomic E-state index is 0.0894. The van der Waals surface area contributed by atoms with Crippen molar-refractivity contribution in [1.29, 1.82) is 5.26 Å². The minimum atomic E-state index is -3.32. The molecule has 1 aliphatic heterocycles. The van der Waals surface area contributed by atoms with Gasteiger partial charge in [0.1, 0.15) is 28.6 Å². The Hall–Kier alpha value is -3.55. The maximum absolute atomic E-state index is 12.4. The molecule has 1 unspecified atom stereocenters. The Morgan fingerprint density at radius 1 is 1.15 bits per heavy atom. The third-order valence-corrected chi connectivity index (χ3v) is 9.06. The van der Waals surface area contributed by atoms with E-state index in [-0.39, 0.29) is 31.0 Å². The van der Waals surface area contributed by atoms with E-state index in [0.29, 0.717) is 34.9 Å². The highest BCUT2D eigenvalue weighted by Gasteiger charge is 2.35. The number of carbonyl (C=O) groups is 1. The fourth-order valence-corrected chi connectivity index (χ4v) is 6.41. The zero-order chi connectivity index (χ0) is 28.2. The van der Waals surface area contributed by atoms with Crippen LogP contribution in [0.1, 0.15) is 53.5 Å². The van der Waals surface area contributed by atoms with Crippen LogP contribution in [0.5, 0.6) is 11.5 Å². The fourth-order valence-electron chi connectivity index (χ4n) is 4.79. The second-order valence-electron chi connectivity index (χ2n) is 9.53. The summed E-state index contributed by atoms with van der Waals surface area (Å²) in [5, 5.41) is 9.41. The smallest absolute Gasteiger partial charge is 0.306 e. The van der Waals surface area contributed by atoms with Crippen LogP contribution in [0.15, 0.2) is 65.6 Å². The third kappa shape index (κ3) is 6.05. The SMILES string of the molecule is CC[C@@H]1CN(Cc2cc(C(CC(=O)OC)c3ccc(C#N)c(OC)c3)ccc2C)S(O)(O)c2ccccc2O1. The Morgan fingerprint density at radius 3 is 2.56 bits per heavy atom. The van der Waals surface area contributed by atoms with E-state index in [2.05, 4.69) is 6.07 Å². The van der Waals surface area contributed by atoms with Crippen LogP contribution in [0.4, 0.5) is 0 Å². The molecule has 206 valence electrons. The van der Waals surface area contributed by atoms with Crippen molar-refractivity contribution >= 4 is 16.7 Å². The number of esters is 1. The molecule has 0 radical (unpaired) electrons. The van der Waals surface area contributed by atoms with Gasteiger partial charge < -0.3 is 14.2 Å². The molecule has 0 amide bonds. The van der Waals surface area contributed by atoms with Crippen molar-refractivity contribution in [3.8, 4) is 17.6 Å². The summed E-state index contributed by atoms with van der Waals surface area (Å²) in [4.78, 5) is 12.8. The van der Waals surface area contributed by atoms with Gasteiger partial charge in [-0.1, -0.05) is 43.3 Å². The molecule has 1 aliphatic rings. The van der Waals surface area contributed by atoms with Crippen molar-refractivity contribution in [2.45, 2.75) is 50.2 Å². The lowest BCUT2D eigenvalue weighted by Crippen LogP contribution is -2.34. The molecule has 39 heavy (non-hydrogen) atoms. The molecule has 3 aromatic rings. The second kappa shape index (κ2) is 12.1. The number of para-hydroxylation sites is 1. The molecule has 9 heteroatoms. The predicted octanol–water partition coefficient (Wildman–Crippen LogP) is 6.27. The number of rotatable bonds is 8. The molecule has 0 saturated carbocycles. The Morgan fingerprint density at radius 2 is 1.87 bits per heavy atom.